The van der Waals surface area contributed by atoms with Crippen LogP contribution < -0.4 is 16.2 Å². The van der Waals surface area contributed by atoms with Crippen LogP contribution in [-0.4, -0.2) is 19.0 Å². The highest BCUT2D eigenvalue weighted by atomic mass is 16.5. The Morgan fingerprint density at radius 2 is 1.81 bits per heavy atom. The molecule has 6 heteroatoms. The molecule has 2 aromatic carbocycles. The van der Waals surface area contributed by atoms with E-state index in [9.17, 15) is 9.59 Å². The van der Waals surface area contributed by atoms with Gasteiger partial charge in [0.15, 0.2) is 5.75 Å². The van der Waals surface area contributed by atoms with Crippen LogP contribution in [0.2, 0.25) is 0 Å². The molecule has 108 valence electrons. The summed E-state index contributed by atoms with van der Waals surface area (Å²) in [6.07, 6.45) is 0. The first kappa shape index (κ1) is 14.4. The zero-order valence-electron chi connectivity index (χ0n) is 11.3. The number of primary amides is 1. The monoisotopic (exact) mass is 286 g/mol. The maximum atomic E-state index is 11.6. The molecule has 2 aromatic rings. The lowest BCUT2D eigenvalue weighted by Crippen LogP contribution is -2.10. The van der Waals surface area contributed by atoms with Gasteiger partial charge in [0.1, 0.15) is 5.75 Å². The minimum Gasteiger partial charge on any atom is -0.465 e. The topological polar surface area (TPSA) is 105 Å². The Morgan fingerprint density at radius 3 is 2.48 bits per heavy atom. The van der Waals surface area contributed by atoms with E-state index in [4.69, 9.17) is 16.2 Å². The third-order valence-electron chi connectivity index (χ3n) is 2.82. The van der Waals surface area contributed by atoms with Crippen LogP contribution in [0.5, 0.6) is 11.5 Å². The van der Waals surface area contributed by atoms with E-state index in [0.29, 0.717) is 17.1 Å². The zero-order valence-corrected chi connectivity index (χ0v) is 11.3. The molecule has 4 N–H and O–H groups in total. The van der Waals surface area contributed by atoms with Gasteiger partial charge in [0.2, 0.25) is 5.91 Å². The van der Waals surface area contributed by atoms with Gasteiger partial charge in [-0.2, -0.15) is 0 Å². The van der Waals surface area contributed by atoms with Crippen LogP contribution in [0.15, 0.2) is 42.5 Å². The maximum absolute atomic E-state index is 11.6. The highest BCUT2D eigenvalue weighted by Gasteiger charge is 2.14. The first-order valence-corrected chi connectivity index (χ1v) is 6.07. The molecule has 0 bridgehead atoms. The standard InChI is InChI=1S/C15H14N2O4/c1-20-15(19)11-6-3-7-12(13(11)16)21-10-5-2-4-9(8-10)14(17)18/h2-8H,16H2,1H3,(H2,17,18). The molecule has 0 aliphatic carbocycles. The predicted molar refractivity (Wildman–Crippen MR) is 77.2 cm³/mol. The van der Waals surface area contributed by atoms with Gasteiger partial charge in [0.05, 0.1) is 18.4 Å². The molecular formula is C15H14N2O4. The molecule has 0 unspecified atom stereocenters. The van der Waals surface area contributed by atoms with Crippen LogP contribution in [0.25, 0.3) is 0 Å². The Morgan fingerprint density at radius 1 is 1.10 bits per heavy atom. The summed E-state index contributed by atoms with van der Waals surface area (Å²) < 4.78 is 10.2. The molecule has 6 nitrogen and oxygen atoms in total. The number of nitrogens with two attached hydrogens (primary N) is 2. The Kier molecular flexibility index (Phi) is 4.08. The second-order valence-electron chi connectivity index (χ2n) is 4.20. The summed E-state index contributed by atoms with van der Waals surface area (Å²) in [4.78, 5) is 22.7. The molecule has 2 rings (SSSR count). The number of esters is 1. The van der Waals surface area contributed by atoms with Crippen LogP contribution in [0, 0.1) is 0 Å². The van der Waals surface area contributed by atoms with Crippen LogP contribution in [-0.2, 0) is 4.74 Å². The predicted octanol–water partition coefficient (Wildman–Crippen LogP) is 1.95. The number of hydrogen-bond acceptors (Lipinski definition) is 5. The van der Waals surface area contributed by atoms with Crippen molar-refractivity contribution in [3.63, 3.8) is 0 Å². The van der Waals surface area contributed by atoms with Crippen molar-refractivity contribution in [3.05, 3.63) is 53.6 Å². The van der Waals surface area contributed by atoms with Gasteiger partial charge in [-0.1, -0.05) is 12.1 Å². The van der Waals surface area contributed by atoms with Gasteiger partial charge >= 0.3 is 5.97 Å². The molecule has 0 aliphatic heterocycles. The Balaban J connectivity index is 2.34. The molecule has 0 saturated heterocycles. The lowest BCUT2D eigenvalue weighted by atomic mass is 10.1. The zero-order chi connectivity index (χ0) is 15.4. The average Bonchev–Trinajstić information content (AvgIpc) is 2.49. The fourth-order valence-corrected chi connectivity index (χ4v) is 1.76. The Hall–Kier alpha value is -3.02. The van der Waals surface area contributed by atoms with Gasteiger partial charge in [-0.3, -0.25) is 4.79 Å². The molecule has 0 aromatic heterocycles. The van der Waals surface area contributed by atoms with E-state index in [2.05, 4.69) is 4.74 Å². The lowest BCUT2D eigenvalue weighted by molar-refractivity contribution is 0.0601. The second-order valence-corrected chi connectivity index (χ2v) is 4.20. The van der Waals surface area contributed by atoms with Crippen molar-refractivity contribution in [1.29, 1.82) is 0 Å². The summed E-state index contributed by atoms with van der Waals surface area (Å²) in [5.74, 6) is -0.430. The smallest absolute Gasteiger partial charge is 0.340 e. The highest BCUT2D eigenvalue weighted by Crippen LogP contribution is 2.30. The lowest BCUT2D eigenvalue weighted by Gasteiger charge is -2.11. The van der Waals surface area contributed by atoms with Crippen molar-refractivity contribution >= 4 is 17.6 Å². The van der Waals surface area contributed by atoms with E-state index in [1.807, 2.05) is 0 Å². The van der Waals surface area contributed by atoms with Crippen LogP contribution >= 0.6 is 0 Å². The molecule has 0 spiro atoms. The average molecular weight is 286 g/mol. The molecule has 0 fully saturated rings. The highest BCUT2D eigenvalue weighted by molar-refractivity contribution is 5.96. The van der Waals surface area contributed by atoms with Gasteiger partial charge in [0.25, 0.3) is 0 Å². The normalized spacial score (nSPS) is 9.95. The number of anilines is 1. The molecular weight excluding hydrogens is 272 g/mol. The van der Waals surface area contributed by atoms with Gasteiger partial charge in [-0.25, -0.2) is 4.79 Å². The number of ether oxygens (including phenoxy) is 2. The van der Waals surface area contributed by atoms with E-state index < -0.39 is 11.9 Å². The number of carbonyl (C=O) groups is 2. The van der Waals surface area contributed by atoms with Crippen molar-refractivity contribution in [1.82, 2.24) is 0 Å². The largest absolute Gasteiger partial charge is 0.465 e. The quantitative estimate of drug-likeness (QED) is 0.660. The van der Waals surface area contributed by atoms with Crippen molar-refractivity contribution in [3.8, 4) is 11.5 Å². The fraction of sp³-hybridized carbons (Fsp3) is 0.0667. The third-order valence-corrected chi connectivity index (χ3v) is 2.82. The van der Waals surface area contributed by atoms with Crippen LogP contribution in [0.1, 0.15) is 20.7 Å². The van der Waals surface area contributed by atoms with E-state index in [-0.39, 0.29) is 11.3 Å². The minimum atomic E-state index is -0.559. The second kappa shape index (κ2) is 5.96. The summed E-state index contributed by atoms with van der Waals surface area (Å²) >= 11 is 0. The molecule has 0 saturated carbocycles. The van der Waals surface area contributed by atoms with Gasteiger partial charge in [-0.15, -0.1) is 0 Å². The number of benzene rings is 2. The molecule has 21 heavy (non-hydrogen) atoms. The van der Waals surface area contributed by atoms with E-state index in [1.54, 1.807) is 30.3 Å². The Labute approximate surface area is 121 Å². The molecule has 0 heterocycles. The van der Waals surface area contributed by atoms with Crippen molar-refractivity contribution in [2.75, 3.05) is 12.8 Å². The summed E-state index contributed by atoms with van der Waals surface area (Å²) in [5, 5.41) is 0. The number of carbonyl (C=O) groups excluding carboxylic acids is 2. The summed E-state index contributed by atoms with van der Waals surface area (Å²) in [5.41, 5.74) is 11.8. The molecule has 0 radical (unpaired) electrons. The first-order chi connectivity index (χ1) is 10.0. The summed E-state index contributed by atoms with van der Waals surface area (Å²) in [6, 6.07) is 11.1. The number of methoxy groups -OCH3 is 1. The van der Waals surface area contributed by atoms with Crippen LogP contribution in [0.3, 0.4) is 0 Å². The fourth-order valence-electron chi connectivity index (χ4n) is 1.76. The number of nitrogen functional groups attached to an aromatic ring is 1. The summed E-state index contributed by atoms with van der Waals surface area (Å²) in [7, 11) is 1.27. The van der Waals surface area contributed by atoms with Gasteiger partial charge in [-0.05, 0) is 30.3 Å². The first-order valence-electron chi connectivity index (χ1n) is 6.07. The number of amides is 1. The van der Waals surface area contributed by atoms with Crippen molar-refractivity contribution in [2.24, 2.45) is 5.73 Å². The molecule has 0 atom stereocenters. The van der Waals surface area contributed by atoms with Gasteiger partial charge in [0, 0.05) is 5.56 Å². The van der Waals surface area contributed by atoms with E-state index in [0.717, 1.165) is 0 Å². The maximum Gasteiger partial charge on any atom is 0.340 e. The SMILES string of the molecule is COC(=O)c1cccc(Oc2cccc(C(N)=O)c2)c1N. The Bertz CT molecular complexity index is 698. The van der Waals surface area contributed by atoms with E-state index >= 15 is 0 Å². The minimum absolute atomic E-state index is 0.161. The number of rotatable bonds is 4. The number of para-hydroxylation sites is 1. The van der Waals surface area contributed by atoms with Gasteiger partial charge < -0.3 is 20.9 Å². The van der Waals surface area contributed by atoms with Crippen LogP contribution in [0.4, 0.5) is 5.69 Å². The van der Waals surface area contributed by atoms with Crippen molar-refractivity contribution < 1.29 is 19.1 Å². The summed E-state index contributed by atoms with van der Waals surface area (Å²) in [6.45, 7) is 0. The van der Waals surface area contributed by atoms with E-state index in [1.165, 1.54) is 19.2 Å². The molecule has 1 amide bonds. The third kappa shape index (κ3) is 3.11. The molecule has 0 aliphatic rings. The number of hydrogen-bond donors (Lipinski definition) is 2. The van der Waals surface area contributed by atoms with Crippen molar-refractivity contribution in [2.45, 2.75) is 0 Å².